The van der Waals surface area contributed by atoms with Crippen LogP contribution in [-0.4, -0.2) is 53.5 Å². The number of fused-ring (bicyclic) bond motifs is 1. The first-order valence-electron chi connectivity index (χ1n) is 14.5. The number of alkyl halides is 6. The minimum Gasteiger partial charge on any atom is -0.379 e. The average molecular weight is 621 g/mol. The molecule has 2 aromatic carbocycles. The lowest BCUT2D eigenvalue weighted by Crippen LogP contribution is -2.43. The van der Waals surface area contributed by atoms with Crippen LogP contribution in [0.3, 0.4) is 0 Å². The number of ether oxygens (including phenoxy) is 1. The van der Waals surface area contributed by atoms with Gasteiger partial charge in [0.05, 0.1) is 47.7 Å². The highest BCUT2D eigenvalue weighted by molar-refractivity contribution is 5.94. The van der Waals surface area contributed by atoms with Gasteiger partial charge >= 0.3 is 12.4 Å². The fraction of sp³-hybridized carbons (Fsp3) is 0.438. The Morgan fingerprint density at radius 3 is 2.11 bits per heavy atom. The number of amides is 1. The summed E-state index contributed by atoms with van der Waals surface area (Å²) in [5, 5.41) is 2.94. The van der Waals surface area contributed by atoms with Gasteiger partial charge in [0.2, 0.25) is 0 Å². The van der Waals surface area contributed by atoms with E-state index in [0.29, 0.717) is 50.5 Å². The van der Waals surface area contributed by atoms with Crippen LogP contribution >= 0.6 is 0 Å². The highest BCUT2D eigenvalue weighted by Crippen LogP contribution is 2.39. The lowest BCUT2D eigenvalue weighted by atomic mass is 9.99. The molecule has 0 aliphatic carbocycles. The van der Waals surface area contributed by atoms with Crippen molar-refractivity contribution in [1.29, 1.82) is 0 Å². The first-order chi connectivity index (χ1) is 20.8. The van der Waals surface area contributed by atoms with Crippen molar-refractivity contribution in [2.24, 2.45) is 5.92 Å². The molecule has 0 spiro atoms. The fourth-order valence-corrected chi connectivity index (χ4v) is 5.99. The molecule has 44 heavy (non-hydrogen) atoms. The molecule has 3 heterocycles. The van der Waals surface area contributed by atoms with E-state index < -0.39 is 23.5 Å². The number of morpholine rings is 1. The van der Waals surface area contributed by atoms with Crippen molar-refractivity contribution >= 4 is 5.91 Å². The van der Waals surface area contributed by atoms with Gasteiger partial charge in [-0.15, -0.1) is 0 Å². The molecule has 0 radical (unpaired) electrons. The molecule has 1 aromatic heterocycles. The summed E-state index contributed by atoms with van der Waals surface area (Å²) in [7, 11) is 0. The van der Waals surface area contributed by atoms with E-state index in [1.165, 1.54) is 30.5 Å². The number of carbonyl (C=O) groups is 1. The Hall–Kier alpha value is -3.48. The third kappa shape index (κ3) is 7.24. The summed E-state index contributed by atoms with van der Waals surface area (Å²) in [6.45, 7) is 7.31. The summed E-state index contributed by atoms with van der Waals surface area (Å²) >= 11 is 0. The Morgan fingerprint density at radius 1 is 0.955 bits per heavy atom. The molecule has 2 atom stereocenters. The number of hydrogen-bond donors (Lipinski definition) is 1. The molecular weight excluding hydrogens is 586 g/mol. The van der Waals surface area contributed by atoms with Crippen LogP contribution in [-0.2, 0) is 30.2 Å². The molecule has 2 unspecified atom stereocenters. The summed E-state index contributed by atoms with van der Waals surface area (Å²) in [5.74, 6) is -0.191. The zero-order valence-electron chi connectivity index (χ0n) is 24.4. The number of carbonyl (C=O) groups excluding carboxylic acids is 1. The maximum atomic E-state index is 13.3. The molecular formula is C32H34F6N4O2. The standard InChI is InChI=1S/C32H34F6N4O2/c1-20(2)29-28-24(19-42(29)18-21-3-7-25(8-4-21)31(33,34)35)15-23(16-39-28)30(43)40-17-27(41-11-13-44-14-12-41)22-5-9-26(10-6-22)32(36,37)38/h3-10,15-16,20,27,29H,11-14,17-19H2,1-2H3,(H,40,43). The van der Waals surface area contributed by atoms with Crippen LogP contribution in [0, 0.1) is 5.92 Å². The van der Waals surface area contributed by atoms with Crippen LogP contribution in [0.15, 0.2) is 60.8 Å². The van der Waals surface area contributed by atoms with Crippen molar-refractivity contribution in [3.8, 4) is 0 Å². The lowest BCUT2D eigenvalue weighted by Gasteiger charge is -2.35. The predicted octanol–water partition coefficient (Wildman–Crippen LogP) is 6.64. The van der Waals surface area contributed by atoms with Gasteiger partial charge in [0.15, 0.2) is 0 Å². The summed E-state index contributed by atoms with van der Waals surface area (Å²) < 4.78 is 83.9. The molecule has 5 rings (SSSR count). The predicted molar refractivity (Wildman–Crippen MR) is 151 cm³/mol. The minimum absolute atomic E-state index is 0.0743. The molecule has 12 heteroatoms. The number of aromatic nitrogens is 1. The third-order valence-corrected chi connectivity index (χ3v) is 8.17. The number of nitrogens with one attached hydrogen (secondary N) is 1. The van der Waals surface area contributed by atoms with Gasteiger partial charge in [0.25, 0.3) is 5.91 Å². The molecule has 3 aromatic rings. The topological polar surface area (TPSA) is 57.7 Å². The van der Waals surface area contributed by atoms with E-state index in [0.717, 1.165) is 41.1 Å². The van der Waals surface area contributed by atoms with Crippen molar-refractivity contribution in [1.82, 2.24) is 20.1 Å². The zero-order valence-corrected chi connectivity index (χ0v) is 24.4. The monoisotopic (exact) mass is 620 g/mol. The molecule has 0 saturated carbocycles. The minimum atomic E-state index is -4.44. The number of benzene rings is 2. The number of rotatable bonds is 8. The molecule has 0 bridgehead atoms. The second-order valence-electron chi connectivity index (χ2n) is 11.6. The van der Waals surface area contributed by atoms with Crippen molar-refractivity contribution in [2.45, 2.75) is 51.4 Å². The van der Waals surface area contributed by atoms with Gasteiger partial charge < -0.3 is 10.1 Å². The maximum absolute atomic E-state index is 13.3. The van der Waals surface area contributed by atoms with Gasteiger partial charge in [-0.3, -0.25) is 19.6 Å². The molecule has 1 amide bonds. The summed E-state index contributed by atoms with van der Waals surface area (Å²) in [4.78, 5) is 22.2. The van der Waals surface area contributed by atoms with Crippen molar-refractivity contribution in [3.05, 3.63) is 99.9 Å². The van der Waals surface area contributed by atoms with Gasteiger partial charge in [0.1, 0.15) is 0 Å². The average Bonchev–Trinajstić information content (AvgIpc) is 3.34. The van der Waals surface area contributed by atoms with Crippen LogP contribution in [0.4, 0.5) is 26.3 Å². The van der Waals surface area contributed by atoms with E-state index >= 15 is 0 Å². The first kappa shape index (κ1) is 31.9. The normalized spacial score (nSPS) is 18.8. The number of nitrogens with zero attached hydrogens (tertiary/aromatic N) is 3. The molecule has 236 valence electrons. The number of hydrogen-bond acceptors (Lipinski definition) is 5. The van der Waals surface area contributed by atoms with Crippen molar-refractivity contribution in [2.75, 3.05) is 32.8 Å². The van der Waals surface area contributed by atoms with E-state index in [-0.39, 0.29) is 30.5 Å². The third-order valence-electron chi connectivity index (χ3n) is 8.17. The summed E-state index contributed by atoms with van der Waals surface area (Å²) in [6.07, 6.45) is -7.32. The number of pyridine rings is 1. The Balaban J connectivity index is 1.29. The van der Waals surface area contributed by atoms with Crippen LogP contribution in [0.5, 0.6) is 0 Å². The maximum Gasteiger partial charge on any atom is 0.416 e. The second kappa shape index (κ2) is 12.9. The van der Waals surface area contributed by atoms with Gasteiger partial charge in [-0.2, -0.15) is 26.3 Å². The zero-order chi connectivity index (χ0) is 31.6. The van der Waals surface area contributed by atoms with Crippen LogP contribution in [0.1, 0.15) is 69.8 Å². The molecule has 6 nitrogen and oxygen atoms in total. The fourth-order valence-electron chi connectivity index (χ4n) is 5.99. The molecule has 2 aliphatic heterocycles. The smallest absolute Gasteiger partial charge is 0.379 e. The Kier molecular flexibility index (Phi) is 9.33. The molecule has 2 aliphatic rings. The second-order valence-corrected chi connectivity index (χ2v) is 11.6. The summed E-state index contributed by atoms with van der Waals surface area (Å²) in [5.41, 5.74) is 2.03. The highest BCUT2D eigenvalue weighted by Gasteiger charge is 2.35. The highest BCUT2D eigenvalue weighted by atomic mass is 19.4. The molecule has 1 saturated heterocycles. The summed E-state index contributed by atoms with van der Waals surface area (Å²) in [6, 6.07) is 11.5. The number of halogens is 6. The Labute approximate surface area is 252 Å². The van der Waals surface area contributed by atoms with Gasteiger partial charge in [-0.25, -0.2) is 0 Å². The van der Waals surface area contributed by atoms with E-state index in [9.17, 15) is 31.1 Å². The largest absolute Gasteiger partial charge is 0.416 e. The van der Waals surface area contributed by atoms with E-state index in [1.807, 2.05) is 0 Å². The Morgan fingerprint density at radius 2 is 1.55 bits per heavy atom. The Bertz CT molecular complexity index is 1440. The van der Waals surface area contributed by atoms with Crippen molar-refractivity contribution in [3.63, 3.8) is 0 Å². The van der Waals surface area contributed by atoms with Crippen LogP contribution < -0.4 is 5.32 Å². The van der Waals surface area contributed by atoms with Gasteiger partial charge in [-0.1, -0.05) is 38.1 Å². The van der Waals surface area contributed by atoms with Crippen LogP contribution in [0.25, 0.3) is 0 Å². The SMILES string of the molecule is CC(C)C1c2ncc(C(=O)NCC(c3ccc(C(F)(F)F)cc3)N3CCOCC3)cc2CN1Cc1ccc(C(F)(F)F)cc1. The molecule has 1 N–H and O–H groups in total. The molecule has 1 fully saturated rings. The van der Waals surface area contributed by atoms with Gasteiger partial charge in [0, 0.05) is 38.9 Å². The van der Waals surface area contributed by atoms with Gasteiger partial charge in [-0.05, 0) is 52.9 Å². The quantitative estimate of drug-likeness (QED) is 0.287. The van der Waals surface area contributed by atoms with Crippen molar-refractivity contribution < 1.29 is 35.9 Å². The van der Waals surface area contributed by atoms with Crippen LogP contribution in [0.2, 0.25) is 0 Å². The van der Waals surface area contributed by atoms with E-state index in [4.69, 9.17) is 4.74 Å². The van der Waals surface area contributed by atoms with E-state index in [1.54, 1.807) is 6.07 Å². The first-order valence-corrected chi connectivity index (χ1v) is 14.5. The lowest BCUT2D eigenvalue weighted by molar-refractivity contribution is -0.138. The van der Waals surface area contributed by atoms with E-state index in [2.05, 4.69) is 33.9 Å².